The van der Waals surface area contributed by atoms with E-state index >= 15 is 0 Å². The van der Waals surface area contributed by atoms with Crippen LogP contribution in [0.25, 0.3) is 0 Å². The Kier molecular flexibility index (Phi) is 6.87. The van der Waals surface area contributed by atoms with Gasteiger partial charge in [0.1, 0.15) is 0 Å². The van der Waals surface area contributed by atoms with E-state index in [1.54, 1.807) is 24.3 Å². The van der Waals surface area contributed by atoms with Crippen LogP contribution in [-0.2, 0) is 16.4 Å². The summed E-state index contributed by atoms with van der Waals surface area (Å²) in [6.45, 7) is 9.76. The third-order valence-corrected chi connectivity index (χ3v) is 4.61. The van der Waals surface area contributed by atoms with E-state index in [1.165, 1.54) is 6.26 Å². The summed E-state index contributed by atoms with van der Waals surface area (Å²) in [6.07, 6.45) is 1.21. The highest BCUT2D eigenvalue weighted by Crippen LogP contribution is 2.11. The number of nitrogens with zero attached hydrogens (tertiary/aromatic N) is 1. The third-order valence-electron chi connectivity index (χ3n) is 3.48. The molecule has 6 heteroatoms. The molecule has 0 amide bonds. The molecule has 0 saturated heterocycles. The lowest BCUT2D eigenvalue weighted by Crippen LogP contribution is -2.44. The topological polar surface area (TPSA) is 70.6 Å². The Morgan fingerprint density at radius 1 is 1.18 bits per heavy atom. The van der Waals surface area contributed by atoms with Crippen LogP contribution < -0.4 is 10.6 Å². The van der Waals surface area contributed by atoms with Gasteiger partial charge in [0.2, 0.25) is 0 Å². The molecule has 0 fully saturated rings. The minimum absolute atomic E-state index is 0.324. The Balaban J connectivity index is 2.77. The van der Waals surface area contributed by atoms with E-state index in [1.807, 2.05) is 6.92 Å². The van der Waals surface area contributed by atoms with Gasteiger partial charge in [0, 0.05) is 18.8 Å². The summed E-state index contributed by atoms with van der Waals surface area (Å²) < 4.78 is 22.9. The maximum Gasteiger partial charge on any atom is 0.191 e. The summed E-state index contributed by atoms with van der Waals surface area (Å²) >= 11 is 0. The standard InChI is InChI=1S/C16H27N3O2S/c1-6-17-16(19-13(4)12(2)3)18-11-14-7-9-15(10-8-14)22(5,20)21/h7-10,12-13H,6,11H2,1-5H3,(H2,17,18,19). The van der Waals surface area contributed by atoms with Crippen molar-refractivity contribution in [1.29, 1.82) is 0 Å². The molecule has 0 aromatic heterocycles. The van der Waals surface area contributed by atoms with Gasteiger partial charge in [-0.15, -0.1) is 0 Å². The normalized spacial score (nSPS) is 14.0. The van der Waals surface area contributed by atoms with E-state index in [0.29, 0.717) is 23.4 Å². The molecule has 5 nitrogen and oxygen atoms in total. The van der Waals surface area contributed by atoms with E-state index in [2.05, 4.69) is 36.4 Å². The van der Waals surface area contributed by atoms with Gasteiger partial charge in [0.15, 0.2) is 15.8 Å². The second kappa shape index (κ2) is 8.17. The van der Waals surface area contributed by atoms with E-state index in [-0.39, 0.29) is 0 Å². The molecular weight excluding hydrogens is 298 g/mol. The quantitative estimate of drug-likeness (QED) is 0.621. The molecule has 0 aliphatic rings. The lowest BCUT2D eigenvalue weighted by atomic mass is 10.1. The highest BCUT2D eigenvalue weighted by molar-refractivity contribution is 7.90. The van der Waals surface area contributed by atoms with Gasteiger partial charge in [-0.2, -0.15) is 0 Å². The van der Waals surface area contributed by atoms with Crippen LogP contribution in [0.4, 0.5) is 0 Å². The van der Waals surface area contributed by atoms with Crippen molar-refractivity contribution in [2.75, 3.05) is 12.8 Å². The molecule has 0 bridgehead atoms. The number of nitrogens with one attached hydrogen (secondary N) is 2. The van der Waals surface area contributed by atoms with Crippen LogP contribution in [0.1, 0.15) is 33.3 Å². The molecule has 22 heavy (non-hydrogen) atoms. The van der Waals surface area contributed by atoms with Crippen molar-refractivity contribution < 1.29 is 8.42 Å². The van der Waals surface area contributed by atoms with Gasteiger partial charge in [-0.05, 0) is 37.5 Å². The Hall–Kier alpha value is -1.56. The molecule has 1 unspecified atom stereocenters. The molecule has 0 spiro atoms. The fourth-order valence-electron chi connectivity index (χ4n) is 1.71. The molecule has 1 aromatic rings. The molecule has 0 heterocycles. The zero-order valence-electron chi connectivity index (χ0n) is 14.1. The monoisotopic (exact) mass is 325 g/mol. The minimum Gasteiger partial charge on any atom is -0.357 e. The zero-order valence-corrected chi connectivity index (χ0v) is 14.9. The summed E-state index contributed by atoms with van der Waals surface area (Å²) in [7, 11) is -3.15. The molecule has 1 rings (SSSR count). The fraction of sp³-hybridized carbons (Fsp3) is 0.562. The third kappa shape index (κ3) is 6.05. The minimum atomic E-state index is -3.15. The van der Waals surface area contributed by atoms with Crippen LogP contribution in [0.2, 0.25) is 0 Å². The van der Waals surface area contributed by atoms with E-state index < -0.39 is 9.84 Å². The lowest BCUT2D eigenvalue weighted by Gasteiger charge is -2.20. The van der Waals surface area contributed by atoms with Gasteiger partial charge >= 0.3 is 0 Å². The molecule has 0 radical (unpaired) electrons. The summed E-state index contributed by atoms with van der Waals surface area (Å²) in [5.74, 6) is 1.29. The summed E-state index contributed by atoms with van der Waals surface area (Å²) in [5, 5.41) is 6.58. The van der Waals surface area contributed by atoms with Crippen LogP contribution in [0.15, 0.2) is 34.2 Å². The molecule has 1 aromatic carbocycles. The number of sulfone groups is 1. The maximum atomic E-state index is 11.4. The highest BCUT2D eigenvalue weighted by atomic mass is 32.2. The average molecular weight is 325 g/mol. The maximum absolute atomic E-state index is 11.4. The van der Waals surface area contributed by atoms with Crippen molar-refractivity contribution in [3.8, 4) is 0 Å². The van der Waals surface area contributed by atoms with Crippen molar-refractivity contribution in [1.82, 2.24) is 10.6 Å². The number of rotatable bonds is 6. The first-order valence-electron chi connectivity index (χ1n) is 7.58. The number of hydrogen-bond acceptors (Lipinski definition) is 3. The smallest absolute Gasteiger partial charge is 0.191 e. The van der Waals surface area contributed by atoms with Crippen LogP contribution in [0, 0.1) is 5.92 Å². The van der Waals surface area contributed by atoms with Gasteiger partial charge < -0.3 is 10.6 Å². The number of benzene rings is 1. The van der Waals surface area contributed by atoms with E-state index in [0.717, 1.165) is 18.1 Å². The van der Waals surface area contributed by atoms with Crippen LogP contribution in [-0.4, -0.2) is 33.2 Å². The highest BCUT2D eigenvalue weighted by Gasteiger charge is 2.09. The number of guanidine groups is 1. The summed E-state index contributed by atoms with van der Waals surface area (Å²) in [4.78, 5) is 4.88. The Morgan fingerprint density at radius 2 is 1.77 bits per heavy atom. The van der Waals surface area contributed by atoms with Crippen LogP contribution in [0.3, 0.4) is 0 Å². The van der Waals surface area contributed by atoms with Gasteiger partial charge in [-0.3, -0.25) is 0 Å². The van der Waals surface area contributed by atoms with Crippen molar-refractivity contribution in [2.24, 2.45) is 10.9 Å². The molecule has 124 valence electrons. The van der Waals surface area contributed by atoms with Crippen LogP contribution in [0.5, 0.6) is 0 Å². The summed E-state index contributed by atoms with van der Waals surface area (Å²) in [6, 6.07) is 7.17. The second-order valence-corrected chi connectivity index (χ2v) is 7.80. The molecule has 0 saturated carbocycles. The first-order chi connectivity index (χ1) is 10.2. The molecule has 2 N–H and O–H groups in total. The fourth-order valence-corrected chi connectivity index (χ4v) is 2.35. The molecule has 0 aliphatic carbocycles. The van der Waals surface area contributed by atoms with Crippen molar-refractivity contribution in [3.63, 3.8) is 0 Å². The summed E-state index contributed by atoms with van der Waals surface area (Å²) in [5.41, 5.74) is 0.974. The lowest BCUT2D eigenvalue weighted by molar-refractivity contribution is 0.481. The second-order valence-electron chi connectivity index (χ2n) is 5.79. The Morgan fingerprint density at radius 3 is 2.23 bits per heavy atom. The predicted octanol–water partition coefficient (Wildman–Crippen LogP) is 2.19. The Bertz CT molecular complexity index is 592. The molecule has 0 aliphatic heterocycles. The zero-order chi connectivity index (χ0) is 16.8. The van der Waals surface area contributed by atoms with Crippen molar-refractivity contribution >= 4 is 15.8 Å². The molecular formula is C16H27N3O2S. The molecule has 1 atom stereocenters. The first kappa shape index (κ1) is 18.5. The SMILES string of the molecule is CCNC(=NCc1ccc(S(C)(=O)=O)cc1)NC(C)C(C)C. The van der Waals surface area contributed by atoms with Gasteiger partial charge in [-0.1, -0.05) is 26.0 Å². The van der Waals surface area contributed by atoms with E-state index in [9.17, 15) is 8.42 Å². The average Bonchev–Trinajstić information content (AvgIpc) is 2.44. The number of hydrogen-bond donors (Lipinski definition) is 2. The first-order valence-corrected chi connectivity index (χ1v) is 9.47. The van der Waals surface area contributed by atoms with Gasteiger partial charge in [0.05, 0.1) is 11.4 Å². The van der Waals surface area contributed by atoms with Crippen molar-refractivity contribution in [2.45, 2.75) is 45.2 Å². The van der Waals surface area contributed by atoms with Gasteiger partial charge in [0.25, 0.3) is 0 Å². The van der Waals surface area contributed by atoms with Crippen LogP contribution >= 0.6 is 0 Å². The number of aliphatic imine (C=N–C) groups is 1. The van der Waals surface area contributed by atoms with Gasteiger partial charge in [-0.25, -0.2) is 13.4 Å². The van der Waals surface area contributed by atoms with Crippen molar-refractivity contribution in [3.05, 3.63) is 29.8 Å². The van der Waals surface area contributed by atoms with E-state index in [4.69, 9.17) is 0 Å². The predicted molar refractivity (Wildman–Crippen MR) is 91.8 cm³/mol. The Labute approximate surface area is 134 Å². The largest absolute Gasteiger partial charge is 0.357 e.